The van der Waals surface area contributed by atoms with E-state index in [2.05, 4.69) is 25.3 Å². The molecule has 1 aliphatic heterocycles. The minimum Gasteiger partial charge on any atom is -0.491 e. The Morgan fingerprint density at radius 3 is 2.96 bits per heavy atom. The number of fused-ring (bicyclic) bond motifs is 1. The SMILES string of the molecule is Fc1ccc(-c2cc(NCCc3ccnc4c3OCC4)ncn2)cn1. The highest BCUT2D eigenvalue weighted by atomic mass is 19.1. The van der Waals surface area contributed by atoms with Gasteiger partial charge in [0.15, 0.2) is 0 Å². The van der Waals surface area contributed by atoms with Crippen molar-refractivity contribution < 1.29 is 9.13 Å². The molecule has 0 radical (unpaired) electrons. The summed E-state index contributed by atoms with van der Waals surface area (Å²) < 4.78 is 18.6. The highest BCUT2D eigenvalue weighted by Crippen LogP contribution is 2.27. The second-order valence-corrected chi connectivity index (χ2v) is 5.68. The second-order valence-electron chi connectivity index (χ2n) is 5.68. The first-order valence-corrected chi connectivity index (χ1v) is 8.07. The average Bonchev–Trinajstić information content (AvgIpc) is 3.12. The number of pyridine rings is 2. The van der Waals surface area contributed by atoms with Crippen LogP contribution < -0.4 is 10.1 Å². The van der Waals surface area contributed by atoms with E-state index in [0.717, 1.165) is 35.4 Å². The lowest BCUT2D eigenvalue weighted by molar-refractivity contribution is 0.353. The molecule has 1 N–H and O–H groups in total. The van der Waals surface area contributed by atoms with Gasteiger partial charge in [0.05, 0.1) is 18.0 Å². The number of halogens is 1. The Kier molecular flexibility index (Phi) is 4.20. The summed E-state index contributed by atoms with van der Waals surface area (Å²) in [5.74, 6) is 1.12. The number of ether oxygens (including phenoxy) is 1. The predicted octanol–water partition coefficient (Wildman–Crippen LogP) is 2.66. The molecule has 0 unspecified atom stereocenters. The minimum absolute atomic E-state index is 0.511. The maximum absolute atomic E-state index is 12.9. The summed E-state index contributed by atoms with van der Waals surface area (Å²) in [6.45, 7) is 1.41. The molecular weight excluding hydrogens is 321 g/mol. The van der Waals surface area contributed by atoms with Crippen LogP contribution >= 0.6 is 0 Å². The van der Waals surface area contributed by atoms with Crippen molar-refractivity contribution in [3.63, 3.8) is 0 Å². The zero-order valence-electron chi connectivity index (χ0n) is 13.4. The summed E-state index contributed by atoms with van der Waals surface area (Å²) in [6, 6.07) is 6.77. The van der Waals surface area contributed by atoms with Gasteiger partial charge in [0.2, 0.25) is 5.95 Å². The Bertz CT molecular complexity index is 885. The van der Waals surface area contributed by atoms with Crippen LogP contribution in [0.1, 0.15) is 11.3 Å². The van der Waals surface area contributed by atoms with Crippen LogP contribution in [0.3, 0.4) is 0 Å². The van der Waals surface area contributed by atoms with Gasteiger partial charge in [-0.3, -0.25) is 4.98 Å². The van der Waals surface area contributed by atoms with Crippen molar-refractivity contribution in [3.05, 3.63) is 60.2 Å². The third-order valence-corrected chi connectivity index (χ3v) is 4.04. The maximum atomic E-state index is 12.9. The third-order valence-electron chi connectivity index (χ3n) is 4.04. The topological polar surface area (TPSA) is 72.8 Å². The molecule has 4 heterocycles. The Hall–Kier alpha value is -3.09. The van der Waals surface area contributed by atoms with Crippen LogP contribution in [-0.4, -0.2) is 33.1 Å². The number of hydrogen-bond acceptors (Lipinski definition) is 6. The van der Waals surface area contributed by atoms with Crippen molar-refractivity contribution in [2.45, 2.75) is 12.8 Å². The van der Waals surface area contributed by atoms with Crippen molar-refractivity contribution in [2.24, 2.45) is 0 Å². The summed E-state index contributed by atoms with van der Waals surface area (Å²) in [5, 5.41) is 3.28. The van der Waals surface area contributed by atoms with Crippen LogP contribution in [0.4, 0.5) is 10.2 Å². The minimum atomic E-state index is -0.511. The van der Waals surface area contributed by atoms with Gasteiger partial charge in [-0.1, -0.05) is 0 Å². The quantitative estimate of drug-likeness (QED) is 0.722. The summed E-state index contributed by atoms with van der Waals surface area (Å²) in [4.78, 5) is 16.4. The van der Waals surface area contributed by atoms with Gasteiger partial charge in [-0.05, 0) is 30.2 Å². The summed E-state index contributed by atoms with van der Waals surface area (Å²) >= 11 is 0. The molecule has 4 rings (SSSR count). The van der Waals surface area contributed by atoms with E-state index in [1.54, 1.807) is 6.07 Å². The first-order valence-electron chi connectivity index (χ1n) is 8.07. The largest absolute Gasteiger partial charge is 0.491 e. The van der Waals surface area contributed by atoms with Crippen molar-refractivity contribution in [1.82, 2.24) is 19.9 Å². The molecule has 3 aromatic heterocycles. The van der Waals surface area contributed by atoms with Crippen molar-refractivity contribution in [1.29, 1.82) is 0 Å². The molecule has 0 saturated heterocycles. The standard InChI is InChI=1S/C18H16FN5O/c19-16-2-1-13(10-22-16)15-9-17(24-11-23-15)21-7-4-12-3-6-20-14-5-8-25-18(12)14/h1-3,6,9-11H,4-5,7-8H2,(H,21,23,24). The van der Waals surface area contributed by atoms with Gasteiger partial charge in [0, 0.05) is 37.0 Å². The summed E-state index contributed by atoms with van der Waals surface area (Å²) in [7, 11) is 0. The third kappa shape index (κ3) is 3.40. The Balaban J connectivity index is 1.43. The van der Waals surface area contributed by atoms with Crippen LogP contribution in [0.15, 0.2) is 43.0 Å². The smallest absolute Gasteiger partial charge is 0.212 e. The molecule has 1 aliphatic rings. The maximum Gasteiger partial charge on any atom is 0.212 e. The molecule has 0 aromatic carbocycles. The monoisotopic (exact) mass is 337 g/mol. The Morgan fingerprint density at radius 1 is 1.12 bits per heavy atom. The van der Waals surface area contributed by atoms with Crippen LogP contribution in [0.25, 0.3) is 11.3 Å². The number of hydrogen-bond donors (Lipinski definition) is 1. The number of nitrogens with zero attached hydrogens (tertiary/aromatic N) is 4. The van der Waals surface area contributed by atoms with Crippen molar-refractivity contribution in [3.8, 4) is 17.0 Å². The number of nitrogens with one attached hydrogen (secondary N) is 1. The first kappa shape index (κ1) is 15.4. The van der Waals surface area contributed by atoms with Crippen LogP contribution in [0.2, 0.25) is 0 Å². The molecule has 0 spiro atoms. The molecule has 25 heavy (non-hydrogen) atoms. The number of aromatic nitrogens is 4. The highest BCUT2D eigenvalue weighted by Gasteiger charge is 2.16. The van der Waals surface area contributed by atoms with Gasteiger partial charge in [-0.2, -0.15) is 4.39 Å². The molecule has 3 aromatic rings. The van der Waals surface area contributed by atoms with E-state index in [-0.39, 0.29) is 0 Å². The molecule has 7 heteroatoms. The van der Waals surface area contributed by atoms with E-state index < -0.39 is 5.95 Å². The lowest BCUT2D eigenvalue weighted by Crippen LogP contribution is -2.07. The molecular formula is C18H16FN5O. The fraction of sp³-hybridized carbons (Fsp3) is 0.222. The molecule has 0 fully saturated rings. The predicted molar refractivity (Wildman–Crippen MR) is 90.9 cm³/mol. The van der Waals surface area contributed by atoms with Crippen LogP contribution in [0.5, 0.6) is 5.75 Å². The fourth-order valence-corrected chi connectivity index (χ4v) is 2.80. The fourth-order valence-electron chi connectivity index (χ4n) is 2.80. The molecule has 6 nitrogen and oxygen atoms in total. The van der Waals surface area contributed by atoms with E-state index in [9.17, 15) is 4.39 Å². The Labute approximate surface area is 144 Å². The molecule has 0 saturated carbocycles. The van der Waals surface area contributed by atoms with Gasteiger partial charge in [-0.25, -0.2) is 15.0 Å². The van der Waals surface area contributed by atoms with E-state index in [1.165, 1.54) is 18.6 Å². The molecule has 126 valence electrons. The molecule has 0 amide bonds. The zero-order valence-corrected chi connectivity index (χ0v) is 13.4. The molecule has 0 atom stereocenters. The van der Waals surface area contributed by atoms with E-state index in [1.807, 2.05) is 18.3 Å². The van der Waals surface area contributed by atoms with Gasteiger partial charge >= 0.3 is 0 Å². The van der Waals surface area contributed by atoms with Crippen LogP contribution in [-0.2, 0) is 12.8 Å². The summed E-state index contributed by atoms with van der Waals surface area (Å²) in [6.07, 6.45) is 6.44. The van der Waals surface area contributed by atoms with Crippen molar-refractivity contribution in [2.75, 3.05) is 18.5 Å². The summed E-state index contributed by atoms with van der Waals surface area (Å²) in [5.41, 5.74) is 3.61. The normalized spacial score (nSPS) is 12.5. The lowest BCUT2D eigenvalue weighted by Gasteiger charge is -2.09. The van der Waals surface area contributed by atoms with Gasteiger partial charge in [0.25, 0.3) is 0 Å². The highest BCUT2D eigenvalue weighted by molar-refractivity contribution is 5.60. The van der Waals surface area contributed by atoms with E-state index in [0.29, 0.717) is 24.7 Å². The zero-order chi connectivity index (χ0) is 17.1. The van der Waals surface area contributed by atoms with Gasteiger partial charge < -0.3 is 10.1 Å². The van der Waals surface area contributed by atoms with Crippen molar-refractivity contribution >= 4 is 5.82 Å². The number of anilines is 1. The first-order chi connectivity index (χ1) is 12.3. The van der Waals surface area contributed by atoms with Gasteiger partial charge in [-0.15, -0.1) is 0 Å². The van der Waals surface area contributed by atoms with Gasteiger partial charge in [0.1, 0.15) is 17.9 Å². The average molecular weight is 337 g/mol. The van der Waals surface area contributed by atoms with E-state index in [4.69, 9.17) is 4.74 Å². The molecule has 0 aliphatic carbocycles. The van der Waals surface area contributed by atoms with E-state index >= 15 is 0 Å². The van der Waals surface area contributed by atoms with Crippen LogP contribution in [0, 0.1) is 5.95 Å². The lowest BCUT2D eigenvalue weighted by atomic mass is 10.1. The second kappa shape index (κ2) is 6.80. The molecule has 0 bridgehead atoms. The number of rotatable bonds is 5. The Morgan fingerprint density at radius 2 is 2.08 bits per heavy atom.